The highest BCUT2D eigenvalue weighted by Gasteiger charge is 2.10. The van der Waals surface area contributed by atoms with E-state index < -0.39 is 0 Å². The third-order valence-corrected chi connectivity index (χ3v) is 4.63. The van der Waals surface area contributed by atoms with Crippen molar-refractivity contribution in [2.24, 2.45) is 0 Å². The van der Waals surface area contributed by atoms with Crippen molar-refractivity contribution >= 4 is 34.7 Å². The molecular weight excluding hydrogens is 302 g/mol. The summed E-state index contributed by atoms with van der Waals surface area (Å²) >= 11 is 3.12. The molecule has 2 heterocycles. The van der Waals surface area contributed by atoms with Crippen molar-refractivity contribution in [3.63, 3.8) is 0 Å². The summed E-state index contributed by atoms with van der Waals surface area (Å²) in [5, 5.41) is 16.6. The first-order valence-electron chi connectivity index (χ1n) is 6.64. The number of aromatic nitrogens is 1. The highest BCUT2D eigenvalue weighted by atomic mass is 32.1. The molecule has 0 aromatic carbocycles. The molecule has 108 valence electrons. The van der Waals surface area contributed by atoms with Crippen LogP contribution in [0.4, 0.5) is 0 Å². The average Bonchev–Trinajstić information content (AvgIpc) is 3.15. The molecule has 1 amide bonds. The topological polar surface area (TPSA) is 65.8 Å². The fraction of sp³-hybridized carbons (Fsp3) is 0.267. The van der Waals surface area contributed by atoms with Crippen LogP contribution in [0.1, 0.15) is 25.5 Å². The number of nitriles is 1. The molecule has 1 N–H and O–H groups in total. The van der Waals surface area contributed by atoms with Gasteiger partial charge in [0.1, 0.15) is 16.6 Å². The van der Waals surface area contributed by atoms with Crippen molar-refractivity contribution in [2.45, 2.75) is 19.8 Å². The van der Waals surface area contributed by atoms with E-state index in [0.717, 1.165) is 22.7 Å². The Morgan fingerprint density at radius 3 is 3.05 bits per heavy atom. The standard InChI is InChI=1S/C15H15N3OS2/c1-2-3-6-17-14(19)11(9-16)8-12-10-21-15(18-12)13-5-4-7-20-13/h4-5,7-8,10H,2-3,6H2,1H3,(H,17,19). The van der Waals surface area contributed by atoms with E-state index in [9.17, 15) is 4.79 Å². The molecule has 0 aliphatic heterocycles. The minimum absolute atomic E-state index is 0.0918. The molecule has 0 aliphatic rings. The predicted molar refractivity (Wildman–Crippen MR) is 86.9 cm³/mol. The fourth-order valence-electron chi connectivity index (χ4n) is 1.64. The largest absolute Gasteiger partial charge is 0.351 e. The zero-order valence-electron chi connectivity index (χ0n) is 11.6. The number of hydrogen-bond acceptors (Lipinski definition) is 5. The quantitative estimate of drug-likeness (QED) is 0.502. The van der Waals surface area contributed by atoms with Gasteiger partial charge in [0.2, 0.25) is 0 Å². The van der Waals surface area contributed by atoms with Gasteiger partial charge in [-0.25, -0.2) is 4.98 Å². The Morgan fingerprint density at radius 1 is 1.52 bits per heavy atom. The van der Waals surface area contributed by atoms with Crippen LogP contribution in [-0.2, 0) is 4.79 Å². The molecule has 0 bridgehead atoms. The Morgan fingerprint density at radius 2 is 2.38 bits per heavy atom. The van der Waals surface area contributed by atoms with Crippen LogP contribution in [0.25, 0.3) is 16.0 Å². The minimum atomic E-state index is -0.336. The Kier molecular flexibility index (Phi) is 5.67. The molecule has 0 fully saturated rings. The number of carbonyl (C=O) groups excluding carboxylic acids is 1. The van der Waals surface area contributed by atoms with Gasteiger partial charge in [0.05, 0.1) is 10.6 Å². The number of thiophene rings is 1. The lowest BCUT2D eigenvalue weighted by molar-refractivity contribution is -0.117. The number of rotatable bonds is 6. The van der Waals surface area contributed by atoms with Crippen molar-refractivity contribution in [2.75, 3.05) is 6.54 Å². The number of carbonyl (C=O) groups is 1. The van der Waals surface area contributed by atoms with Gasteiger partial charge in [-0.3, -0.25) is 4.79 Å². The lowest BCUT2D eigenvalue weighted by Crippen LogP contribution is -2.25. The van der Waals surface area contributed by atoms with Crippen molar-refractivity contribution in [3.05, 3.63) is 34.2 Å². The molecule has 4 nitrogen and oxygen atoms in total. The molecule has 21 heavy (non-hydrogen) atoms. The van der Waals surface area contributed by atoms with Crippen molar-refractivity contribution in [3.8, 4) is 16.0 Å². The second kappa shape index (κ2) is 7.72. The van der Waals surface area contributed by atoms with Crippen LogP contribution >= 0.6 is 22.7 Å². The molecule has 0 atom stereocenters. The van der Waals surface area contributed by atoms with Gasteiger partial charge in [0.25, 0.3) is 5.91 Å². The Labute approximate surface area is 131 Å². The Balaban J connectivity index is 2.10. The highest BCUT2D eigenvalue weighted by molar-refractivity contribution is 7.20. The summed E-state index contributed by atoms with van der Waals surface area (Å²) in [6.45, 7) is 2.64. The van der Waals surface area contributed by atoms with Crippen LogP contribution in [0.5, 0.6) is 0 Å². The van der Waals surface area contributed by atoms with Crippen LogP contribution in [0.2, 0.25) is 0 Å². The second-order valence-electron chi connectivity index (χ2n) is 4.33. The molecule has 2 rings (SSSR count). The van der Waals surface area contributed by atoms with E-state index in [1.807, 2.05) is 29.0 Å². The summed E-state index contributed by atoms with van der Waals surface area (Å²) in [6.07, 6.45) is 3.45. The third-order valence-electron chi connectivity index (χ3n) is 2.73. The first kappa shape index (κ1) is 15.4. The molecule has 0 aliphatic carbocycles. The van der Waals surface area contributed by atoms with Gasteiger partial charge in [-0.1, -0.05) is 19.4 Å². The predicted octanol–water partition coefficient (Wildman–Crippen LogP) is 3.69. The van der Waals surface area contributed by atoms with Gasteiger partial charge in [-0.05, 0) is 23.9 Å². The van der Waals surface area contributed by atoms with E-state index in [2.05, 4.69) is 17.2 Å². The molecule has 0 unspecified atom stereocenters. The zero-order chi connectivity index (χ0) is 15.1. The number of unbranched alkanes of at least 4 members (excludes halogenated alkanes) is 1. The summed E-state index contributed by atoms with van der Waals surface area (Å²) in [5.74, 6) is -0.336. The number of nitrogens with zero attached hydrogens (tertiary/aromatic N) is 2. The second-order valence-corrected chi connectivity index (χ2v) is 6.14. The van der Waals surface area contributed by atoms with E-state index in [-0.39, 0.29) is 11.5 Å². The van der Waals surface area contributed by atoms with Gasteiger partial charge in [0, 0.05) is 11.9 Å². The monoisotopic (exact) mass is 317 g/mol. The van der Waals surface area contributed by atoms with Gasteiger partial charge in [-0.2, -0.15) is 5.26 Å². The molecule has 0 spiro atoms. The first-order valence-corrected chi connectivity index (χ1v) is 8.40. The van der Waals surface area contributed by atoms with Gasteiger partial charge >= 0.3 is 0 Å². The number of amides is 1. The van der Waals surface area contributed by atoms with E-state index in [1.54, 1.807) is 11.3 Å². The lowest BCUT2D eigenvalue weighted by atomic mass is 10.2. The van der Waals surface area contributed by atoms with E-state index in [4.69, 9.17) is 5.26 Å². The number of nitrogens with one attached hydrogen (secondary N) is 1. The Hall–Kier alpha value is -1.97. The van der Waals surface area contributed by atoms with Gasteiger partial charge in [-0.15, -0.1) is 22.7 Å². The van der Waals surface area contributed by atoms with Crippen molar-refractivity contribution in [1.82, 2.24) is 10.3 Å². The van der Waals surface area contributed by atoms with Crippen LogP contribution in [-0.4, -0.2) is 17.4 Å². The maximum atomic E-state index is 11.9. The van der Waals surface area contributed by atoms with Crippen LogP contribution in [0.3, 0.4) is 0 Å². The summed E-state index contributed by atoms with van der Waals surface area (Å²) in [5.41, 5.74) is 0.736. The molecule has 0 radical (unpaired) electrons. The van der Waals surface area contributed by atoms with Gasteiger partial charge in [0.15, 0.2) is 0 Å². The Bertz CT molecular complexity index is 665. The average molecular weight is 317 g/mol. The molecule has 0 saturated carbocycles. The number of hydrogen-bond donors (Lipinski definition) is 1. The van der Waals surface area contributed by atoms with Crippen LogP contribution in [0.15, 0.2) is 28.5 Å². The lowest BCUT2D eigenvalue weighted by Gasteiger charge is -2.01. The summed E-state index contributed by atoms with van der Waals surface area (Å²) in [7, 11) is 0. The maximum Gasteiger partial charge on any atom is 0.262 e. The zero-order valence-corrected chi connectivity index (χ0v) is 13.3. The van der Waals surface area contributed by atoms with Crippen LogP contribution in [0, 0.1) is 11.3 Å². The summed E-state index contributed by atoms with van der Waals surface area (Å²) in [4.78, 5) is 17.4. The van der Waals surface area contributed by atoms with E-state index in [0.29, 0.717) is 12.2 Å². The number of thiazole rings is 1. The highest BCUT2D eigenvalue weighted by Crippen LogP contribution is 2.28. The minimum Gasteiger partial charge on any atom is -0.351 e. The van der Waals surface area contributed by atoms with E-state index in [1.165, 1.54) is 17.4 Å². The SMILES string of the molecule is CCCCNC(=O)C(C#N)=Cc1csc(-c2cccs2)n1. The molecular formula is C15H15N3OS2. The van der Waals surface area contributed by atoms with Crippen LogP contribution < -0.4 is 5.32 Å². The molecule has 2 aromatic heterocycles. The first-order chi connectivity index (χ1) is 10.2. The van der Waals surface area contributed by atoms with E-state index >= 15 is 0 Å². The van der Waals surface area contributed by atoms with Gasteiger partial charge < -0.3 is 5.32 Å². The van der Waals surface area contributed by atoms with Crippen molar-refractivity contribution in [1.29, 1.82) is 5.26 Å². The third kappa shape index (κ3) is 4.25. The summed E-state index contributed by atoms with van der Waals surface area (Å²) in [6, 6.07) is 5.91. The maximum absolute atomic E-state index is 11.9. The summed E-state index contributed by atoms with van der Waals surface area (Å²) < 4.78 is 0. The molecule has 0 saturated heterocycles. The molecule has 6 heteroatoms. The fourth-order valence-corrected chi connectivity index (χ4v) is 3.23. The van der Waals surface area contributed by atoms with Crippen molar-refractivity contribution < 1.29 is 4.79 Å². The molecule has 2 aromatic rings. The smallest absolute Gasteiger partial charge is 0.262 e. The normalized spacial score (nSPS) is 11.1.